The summed E-state index contributed by atoms with van der Waals surface area (Å²) < 4.78 is 0. The molecule has 0 heterocycles. The van der Waals surface area contributed by atoms with Crippen LogP contribution in [0.5, 0.6) is 0 Å². The third kappa shape index (κ3) is 5.32. The Kier molecular flexibility index (Phi) is 6.02. The molecule has 0 aromatic carbocycles. The van der Waals surface area contributed by atoms with E-state index in [4.69, 9.17) is 0 Å². The van der Waals surface area contributed by atoms with Crippen LogP contribution in [0, 0.1) is 0 Å². The highest BCUT2D eigenvalue weighted by atomic mass is 32.2. The number of hydrogen-bond acceptors (Lipinski definition) is 4. The number of Topliss-reactive ketones (excluding diaryl/α,β-unsaturated/α-hetero) is 2. The lowest BCUT2D eigenvalue weighted by molar-refractivity contribution is -0.118. The van der Waals surface area contributed by atoms with Gasteiger partial charge in [-0.05, 0) is 20.9 Å². The van der Waals surface area contributed by atoms with Crippen molar-refractivity contribution in [3.63, 3.8) is 0 Å². The Morgan fingerprint density at radius 1 is 1.42 bits per heavy atom. The van der Waals surface area contributed by atoms with Gasteiger partial charge in [0.2, 0.25) is 0 Å². The van der Waals surface area contributed by atoms with Gasteiger partial charge in [-0.2, -0.15) is 11.8 Å². The second-order valence-corrected chi connectivity index (χ2v) is 3.70. The van der Waals surface area contributed by atoms with Crippen molar-refractivity contribution in [2.75, 3.05) is 18.6 Å². The smallest absolute Gasteiger partial charge is 0.147 e. The zero-order valence-electron chi connectivity index (χ0n) is 7.72. The van der Waals surface area contributed by atoms with Crippen molar-refractivity contribution >= 4 is 23.3 Å². The van der Waals surface area contributed by atoms with Crippen LogP contribution in [-0.2, 0) is 9.59 Å². The molecule has 0 saturated heterocycles. The van der Waals surface area contributed by atoms with Gasteiger partial charge in [-0.25, -0.2) is 0 Å². The van der Waals surface area contributed by atoms with Crippen LogP contribution in [-0.4, -0.2) is 36.2 Å². The fourth-order valence-corrected chi connectivity index (χ4v) is 1.77. The van der Waals surface area contributed by atoms with E-state index in [1.165, 1.54) is 11.8 Å². The van der Waals surface area contributed by atoms with E-state index in [0.29, 0.717) is 11.5 Å². The SMILES string of the molecule is CNC(CSCC(C)=O)C(C)=O. The minimum Gasteiger partial charge on any atom is -0.310 e. The van der Waals surface area contributed by atoms with Crippen molar-refractivity contribution in [3.8, 4) is 0 Å². The van der Waals surface area contributed by atoms with Gasteiger partial charge in [0.15, 0.2) is 0 Å². The Morgan fingerprint density at radius 3 is 2.33 bits per heavy atom. The van der Waals surface area contributed by atoms with Crippen molar-refractivity contribution in [2.45, 2.75) is 19.9 Å². The standard InChI is InChI=1S/C8H15NO2S/c1-6(10)4-12-5-8(9-3)7(2)11/h8-9H,4-5H2,1-3H3. The zero-order chi connectivity index (χ0) is 9.56. The highest BCUT2D eigenvalue weighted by molar-refractivity contribution is 8.00. The number of likely N-dealkylation sites (N-methyl/N-ethyl adjacent to an activating group) is 1. The van der Waals surface area contributed by atoms with Crippen LogP contribution in [0.3, 0.4) is 0 Å². The molecule has 0 bridgehead atoms. The van der Waals surface area contributed by atoms with Crippen LogP contribution < -0.4 is 5.32 Å². The van der Waals surface area contributed by atoms with E-state index >= 15 is 0 Å². The topological polar surface area (TPSA) is 46.2 Å². The van der Waals surface area contributed by atoms with Crippen LogP contribution in [0.1, 0.15) is 13.8 Å². The van der Waals surface area contributed by atoms with E-state index in [-0.39, 0.29) is 17.6 Å². The highest BCUT2D eigenvalue weighted by Gasteiger charge is 2.10. The second kappa shape index (κ2) is 6.20. The largest absolute Gasteiger partial charge is 0.310 e. The minimum atomic E-state index is -0.116. The summed E-state index contributed by atoms with van der Waals surface area (Å²) >= 11 is 1.49. The van der Waals surface area contributed by atoms with Gasteiger partial charge in [-0.1, -0.05) is 0 Å². The molecule has 70 valence electrons. The summed E-state index contributed by atoms with van der Waals surface area (Å²) in [5.74, 6) is 1.43. The molecule has 12 heavy (non-hydrogen) atoms. The van der Waals surface area contributed by atoms with Crippen molar-refractivity contribution in [1.82, 2.24) is 5.32 Å². The van der Waals surface area contributed by atoms with Gasteiger partial charge in [-0.3, -0.25) is 9.59 Å². The molecule has 4 heteroatoms. The molecule has 0 aliphatic rings. The third-order valence-electron chi connectivity index (χ3n) is 1.43. The number of nitrogens with one attached hydrogen (secondary N) is 1. The minimum absolute atomic E-state index is 0.116. The molecule has 0 fully saturated rings. The van der Waals surface area contributed by atoms with Gasteiger partial charge >= 0.3 is 0 Å². The van der Waals surface area contributed by atoms with E-state index in [2.05, 4.69) is 5.32 Å². The van der Waals surface area contributed by atoms with Crippen LogP contribution in [0.4, 0.5) is 0 Å². The Morgan fingerprint density at radius 2 is 2.00 bits per heavy atom. The molecule has 0 saturated carbocycles. The van der Waals surface area contributed by atoms with E-state index in [1.54, 1.807) is 20.9 Å². The summed E-state index contributed by atoms with van der Waals surface area (Å²) in [5, 5.41) is 2.89. The Balaban J connectivity index is 3.59. The summed E-state index contributed by atoms with van der Waals surface area (Å²) in [6.45, 7) is 3.10. The lowest BCUT2D eigenvalue weighted by atomic mass is 10.2. The van der Waals surface area contributed by atoms with Crippen LogP contribution in [0.25, 0.3) is 0 Å². The molecule has 1 atom stereocenters. The number of ketones is 2. The molecular formula is C8H15NO2S. The van der Waals surface area contributed by atoms with Gasteiger partial charge in [-0.15, -0.1) is 0 Å². The van der Waals surface area contributed by atoms with Crippen LogP contribution >= 0.6 is 11.8 Å². The van der Waals surface area contributed by atoms with Crippen LogP contribution in [0.15, 0.2) is 0 Å². The lowest BCUT2D eigenvalue weighted by Crippen LogP contribution is -2.34. The van der Waals surface area contributed by atoms with Crippen molar-refractivity contribution < 1.29 is 9.59 Å². The molecule has 0 aromatic heterocycles. The Bertz CT molecular complexity index is 170. The van der Waals surface area contributed by atoms with Gasteiger partial charge in [0, 0.05) is 5.75 Å². The maximum absolute atomic E-state index is 10.9. The number of thioether (sulfide) groups is 1. The van der Waals surface area contributed by atoms with E-state index in [1.807, 2.05) is 0 Å². The number of carbonyl (C=O) groups is 2. The summed E-state index contributed by atoms with van der Waals surface area (Å²) in [7, 11) is 1.75. The average Bonchev–Trinajstić information content (AvgIpc) is 1.96. The van der Waals surface area contributed by atoms with Gasteiger partial charge < -0.3 is 5.32 Å². The van der Waals surface area contributed by atoms with Gasteiger partial charge in [0.25, 0.3) is 0 Å². The fraction of sp³-hybridized carbons (Fsp3) is 0.750. The normalized spacial score (nSPS) is 12.6. The molecule has 0 spiro atoms. The predicted octanol–water partition coefficient (Wildman–Crippen LogP) is 0.486. The first-order valence-electron chi connectivity index (χ1n) is 3.82. The molecule has 1 unspecified atom stereocenters. The second-order valence-electron chi connectivity index (χ2n) is 2.67. The first-order chi connectivity index (χ1) is 5.57. The Hall–Kier alpha value is -0.350. The maximum atomic E-state index is 10.9. The quantitative estimate of drug-likeness (QED) is 0.660. The number of rotatable bonds is 6. The maximum Gasteiger partial charge on any atom is 0.147 e. The average molecular weight is 189 g/mol. The Labute approximate surface area is 77.3 Å². The van der Waals surface area contributed by atoms with E-state index in [0.717, 1.165) is 0 Å². The monoisotopic (exact) mass is 189 g/mol. The number of hydrogen-bond donors (Lipinski definition) is 1. The molecule has 0 aliphatic heterocycles. The third-order valence-corrected chi connectivity index (χ3v) is 2.61. The summed E-state index contributed by atoms with van der Waals surface area (Å²) in [4.78, 5) is 21.4. The number of carbonyl (C=O) groups excluding carboxylic acids is 2. The van der Waals surface area contributed by atoms with Crippen molar-refractivity contribution in [2.24, 2.45) is 0 Å². The van der Waals surface area contributed by atoms with Crippen LogP contribution in [0.2, 0.25) is 0 Å². The van der Waals surface area contributed by atoms with Gasteiger partial charge in [0.1, 0.15) is 11.6 Å². The molecular weight excluding hydrogens is 174 g/mol. The molecule has 0 amide bonds. The first-order valence-corrected chi connectivity index (χ1v) is 4.98. The van der Waals surface area contributed by atoms with Crippen molar-refractivity contribution in [3.05, 3.63) is 0 Å². The van der Waals surface area contributed by atoms with E-state index in [9.17, 15) is 9.59 Å². The first kappa shape index (κ1) is 11.6. The molecule has 1 N–H and O–H groups in total. The summed E-state index contributed by atoms with van der Waals surface area (Å²) in [6, 6.07) is -0.116. The highest BCUT2D eigenvalue weighted by Crippen LogP contribution is 2.03. The molecule has 0 aliphatic carbocycles. The molecule has 3 nitrogen and oxygen atoms in total. The van der Waals surface area contributed by atoms with Crippen molar-refractivity contribution in [1.29, 1.82) is 0 Å². The summed E-state index contributed by atoms with van der Waals surface area (Å²) in [5.41, 5.74) is 0. The molecule has 0 rings (SSSR count). The lowest BCUT2D eigenvalue weighted by Gasteiger charge is -2.10. The predicted molar refractivity (Wildman–Crippen MR) is 51.5 cm³/mol. The fourth-order valence-electron chi connectivity index (χ4n) is 0.724. The van der Waals surface area contributed by atoms with E-state index < -0.39 is 0 Å². The van der Waals surface area contributed by atoms with Gasteiger partial charge in [0.05, 0.1) is 11.8 Å². The molecule has 0 radical (unpaired) electrons. The molecule has 0 aromatic rings. The zero-order valence-corrected chi connectivity index (χ0v) is 8.53. The summed E-state index contributed by atoms with van der Waals surface area (Å²) in [6.07, 6.45) is 0.